The largest absolute Gasteiger partial charge is 0.494 e. The summed E-state index contributed by atoms with van der Waals surface area (Å²) in [5.74, 6) is 1.05. The number of aliphatic hydroxyl groups is 1. The third-order valence-corrected chi connectivity index (χ3v) is 7.82. The van der Waals surface area contributed by atoms with Crippen LogP contribution in [-0.4, -0.2) is 84.2 Å². The molecule has 0 bridgehead atoms. The monoisotopic (exact) mass is 584 g/mol. The van der Waals surface area contributed by atoms with Gasteiger partial charge in [0.15, 0.2) is 11.3 Å². The molecule has 1 N–H and O–H groups in total. The number of methoxy groups -OCH3 is 1. The molecule has 11 heteroatoms. The molecule has 0 spiro atoms. The number of aliphatic hydroxyl groups excluding tert-OH is 1. The predicted octanol–water partition coefficient (Wildman–Crippen LogP) is 4.22. The second-order valence-corrected chi connectivity index (χ2v) is 10.6. The van der Waals surface area contributed by atoms with Gasteiger partial charge in [-0.3, -0.25) is 9.78 Å². The smallest absolute Gasteiger partial charge is 0.256 e. The van der Waals surface area contributed by atoms with Crippen LogP contribution in [0.1, 0.15) is 35.7 Å². The molecular formula is C32H32N4O7. The number of hydrogen-bond donors (Lipinski definition) is 1. The van der Waals surface area contributed by atoms with Crippen LogP contribution in [0, 0.1) is 11.3 Å². The van der Waals surface area contributed by atoms with Crippen molar-refractivity contribution < 1.29 is 33.3 Å². The average Bonchev–Trinajstić information content (AvgIpc) is 3.49. The molecule has 0 saturated carbocycles. The van der Waals surface area contributed by atoms with E-state index in [0.717, 1.165) is 24.0 Å². The molecule has 2 aliphatic rings. The molecule has 11 nitrogen and oxygen atoms in total. The fourth-order valence-corrected chi connectivity index (χ4v) is 5.60. The Bertz CT molecular complexity index is 1670. The fraction of sp³-hybridized carbons (Fsp3) is 0.375. The molecule has 3 aromatic heterocycles. The first-order valence-electron chi connectivity index (χ1n) is 14.2. The van der Waals surface area contributed by atoms with E-state index in [1.54, 1.807) is 29.3 Å². The number of amides is 1. The molecule has 4 aromatic rings. The predicted molar refractivity (Wildman–Crippen MR) is 156 cm³/mol. The van der Waals surface area contributed by atoms with Gasteiger partial charge in [0.1, 0.15) is 34.9 Å². The average molecular weight is 585 g/mol. The zero-order chi connectivity index (χ0) is 29.9. The number of furan rings is 1. The standard InChI is InChI=1S/C32H32N4O7/c1-19-17-41-18-23(16-37)36(19)32(38)22-12-28(39-2)30(35-15-22)29-13-26-31(43-29)25(5-8-34-26)20-3-4-27(21(11-20)14-33)42-24-6-9-40-10-7-24/h3-5,8,11-13,15,19,23-24,37H,6-7,9-10,16-18H2,1-2H3. The van der Waals surface area contributed by atoms with Crippen molar-refractivity contribution in [1.29, 1.82) is 5.26 Å². The third-order valence-electron chi connectivity index (χ3n) is 7.82. The number of nitrogens with zero attached hydrogens (tertiary/aromatic N) is 4. The van der Waals surface area contributed by atoms with Crippen LogP contribution < -0.4 is 9.47 Å². The highest BCUT2D eigenvalue weighted by molar-refractivity contribution is 5.96. The summed E-state index contributed by atoms with van der Waals surface area (Å²) < 4.78 is 29.0. The third kappa shape index (κ3) is 5.64. The van der Waals surface area contributed by atoms with E-state index in [1.807, 2.05) is 25.1 Å². The minimum atomic E-state index is -0.439. The molecule has 5 heterocycles. The summed E-state index contributed by atoms with van der Waals surface area (Å²) in [5.41, 5.74) is 3.84. The van der Waals surface area contributed by atoms with Crippen LogP contribution in [0.5, 0.6) is 11.5 Å². The first kappa shape index (κ1) is 28.6. The lowest BCUT2D eigenvalue weighted by Crippen LogP contribution is -2.55. The van der Waals surface area contributed by atoms with Crippen LogP contribution >= 0.6 is 0 Å². The molecule has 6 rings (SSSR count). The SMILES string of the molecule is COc1cc(C(=O)N2C(C)COCC2CO)cnc1-c1cc2nccc(-c3ccc(OC4CCOCC4)c(C#N)c3)c2o1. The molecule has 0 aliphatic carbocycles. The Balaban J connectivity index is 1.31. The maximum absolute atomic E-state index is 13.4. The van der Waals surface area contributed by atoms with Crippen molar-refractivity contribution in [1.82, 2.24) is 14.9 Å². The van der Waals surface area contributed by atoms with Crippen LogP contribution in [0.4, 0.5) is 0 Å². The van der Waals surface area contributed by atoms with E-state index in [9.17, 15) is 15.2 Å². The van der Waals surface area contributed by atoms with Crippen molar-refractivity contribution in [2.75, 3.05) is 40.1 Å². The Morgan fingerprint density at radius 3 is 2.72 bits per heavy atom. The minimum Gasteiger partial charge on any atom is -0.494 e. The maximum atomic E-state index is 13.4. The van der Waals surface area contributed by atoms with Crippen molar-refractivity contribution >= 4 is 17.0 Å². The summed E-state index contributed by atoms with van der Waals surface area (Å²) in [5, 5.41) is 19.7. The van der Waals surface area contributed by atoms with Gasteiger partial charge in [-0.2, -0.15) is 5.26 Å². The fourth-order valence-electron chi connectivity index (χ4n) is 5.60. The molecule has 1 amide bonds. The number of rotatable bonds is 7. The van der Waals surface area contributed by atoms with Gasteiger partial charge in [-0.15, -0.1) is 0 Å². The Morgan fingerprint density at radius 2 is 1.95 bits per heavy atom. The highest BCUT2D eigenvalue weighted by Crippen LogP contribution is 2.38. The number of carbonyl (C=O) groups is 1. The summed E-state index contributed by atoms with van der Waals surface area (Å²) in [6.45, 7) is 3.64. The Kier molecular flexibility index (Phi) is 8.24. The molecule has 222 valence electrons. The van der Waals surface area contributed by atoms with Gasteiger partial charge in [-0.25, -0.2) is 4.98 Å². The summed E-state index contributed by atoms with van der Waals surface area (Å²) >= 11 is 0. The molecular weight excluding hydrogens is 552 g/mol. The second kappa shape index (κ2) is 12.4. The molecule has 0 radical (unpaired) electrons. The minimum absolute atomic E-state index is 0.0181. The lowest BCUT2D eigenvalue weighted by molar-refractivity contribution is -0.0452. The van der Waals surface area contributed by atoms with Gasteiger partial charge in [0.05, 0.1) is 63.4 Å². The van der Waals surface area contributed by atoms with Crippen LogP contribution in [0.3, 0.4) is 0 Å². The molecule has 2 unspecified atom stereocenters. The number of nitriles is 1. The lowest BCUT2D eigenvalue weighted by atomic mass is 10.0. The summed E-state index contributed by atoms with van der Waals surface area (Å²) in [7, 11) is 1.50. The molecule has 2 aliphatic heterocycles. The van der Waals surface area contributed by atoms with E-state index in [-0.39, 0.29) is 31.3 Å². The highest BCUT2D eigenvalue weighted by Gasteiger charge is 2.33. The topological polar surface area (TPSA) is 140 Å². The van der Waals surface area contributed by atoms with Gasteiger partial charge in [0.2, 0.25) is 0 Å². The molecule has 2 fully saturated rings. The number of hydrogen-bond acceptors (Lipinski definition) is 10. The van der Waals surface area contributed by atoms with Crippen molar-refractivity contribution in [3.05, 3.63) is 59.9 Å². The van der Waals surface area contributed by atoms with Gasteiger partial charge >= 0.3 is 0 Å². The van der Waals surface area contributed by atoms with E-state index in [1.165, 1.54) is 13.3 Å². The van der Waals surface area contributed by atoms with Crippen LogP contribution in [0.15, 0.2) is 53.2 Å². The van der Waals surface area contributed by atoms with Crippen molar-refractivity contribution in [3.63, 3.8) is 0 Å². The number of morpholine rings is 1. The quantitative estimate of drug-likeness (QED) is 0.336. The number of aromatic nitrogens is 2. The van der Waals surface area contributed by atoms with Gasteiger partial charge in [-0.1, -0.05) is 6.07 Å². The molecule has 43 heavy (non-hydrogen) atoms. The number of ether oxygens (including phenoxy) is 4. The first-order valence-corrected chi connectivity index (χ1v) is 14.2. The number of carbonyl (C=O) groups excluding carboxylic acids is 1. The van der Waals surface area contributed by atoms with Crippen molar-refractivity contribution in [2.45, 2.75) is 38.0 Å². The molecule has 2 atom stereocenters. The van der Waals surface area contributed by atoms with Crippen molar-refractivity contribution in [3.8, 4) is 40.1 Å². The van der Waals surface area contributed by atoms with Gasteiger partial charge in [0, 0.05) is 36.9 Å². The summed E-state index contributed by atoms with van der Waals surface area (Å²) in [6, 6.07) is 12.3. The van der Waals surface area contributed by atoms with Crippen LogP contribution in [0.25, 0.3) is 33.7 Å². The Labute approximate surface area is 248 Å². The van der Waals surface area contributed by atoms with E-state index in [0.29, 0.717) is 65.0 Å². The van der Waals surface area contributed by atoms with Crippen molar-refractivity contribution in [2.24, 2.45) is 0 Å². The van der Waals surface area contributed by atoms with Gasteiger partial charge in [0.25, 0.3) is 5.91 Å². The van der Waals surface area contributed by atoms with E-state index in [2.05, 4.69) is 16.0 Å². The van der Waals surface area contributed by atoms with E-state index in [4.69, 9.17) is 23.4 Å². The van der Waals surface area contributed by atoms with Gasteiger partial charge < -0.3 is 33.4 Å². The van der Waals surface area contributed by atoms with Crippen LogP contribution in [0.2, 0.25) is 0 Å². The summed E-state index contributed by atoms with van der Waals surface area (Å²) in [4.78, 5) is 24.1. The zero-order valence-electron chi connectivity index (χ0n) is 24.0. The number of pyridine rings is 2. The highest BCUT2D eigenvalue weighted by atomic mass is 16.5. The van der Waals surface area contributed by atoms with E-state index < -0.39 is 6.04 Å². The number of benzene rings is 1. The summed E-state index contributed by atoms with van der Waals surface area (Å²) in [6.07, 6.45) is 4.76. The normalized spacial score (nSPS) is 19.3. The zero-order valence-corrected chi connectivity index (χ0v) is 24.0. The second-order valence-electron chi connectivity index (χ2n) is 10.6. The number of fused-ring (bicyclic) bond motifs is 1. The Morgan fingerprint density at radius 1 is 1.12 bits per heavy atom. The molecule has 1 aromatic carbocycles. The maximum Gasteiger partial charge on any atom is 0.256 e. The van der Waals surface area contributed by atoms with E-state index >= 15 is 0 Å². The van der Waals surface area contributed by atoms with Crippen LogP contribution in [-0.2, 0) is 9.47 Å². The molecule has 2 saturated heterocycles. The van der Waals surface area contributed by atoms with Gasteiger partial charge in [-0.05, 0) is 36.8 Å². The Hall–Kier alpha value is -4.50. The lowest BCUT2D eigenvalue weighted by Gasteiger charge is -2.39. The first-order chi connectivity index (χ1) is 21.0.